The molecule has 0 aliphatic heterocycles. The molecule has 0 heterocycles. The number of allylic oxidation sites excluding steroid dienone is 5. The van der Waals surface area contributed by atoms with Crippen molar-refractivity contribution in [1.82, 2.24) is 0 Å². The molecule has 2 fully saturated rings. The Kier molecular flexibility index (Phi) is 7.33. The minimum atomic E-state index is -1.08. The molecular formula is C27H38O3S. The van der Waals surface area contributed by atoms with Crippen molar-refractivity contribution in [3.63, 3.8) is 0 Å². The monoisotopic (exact) mass is 442 g/mol. The average Bonchev–Trinajstić information content (AvgIpc) is 3.03. The predicted molar refractivity (Wildman–Crippen MR) is 130 cm³/mol. The van der Waals surface area contributed by atoms with Crippen LogP contribution >= 0.6 is 11.8 Å². The standard InChI is InChI=1S/C27H38O3S/c1-6-22-12-13-23-20(9-7-15-26(22,23)5)10-11-21-17-27(30,18-24(28)19(21)2)31-16-8-14-25(3,4)29/h10-12,23-24,28-30H,2,6-7,9,13,15-18H2,1,3-5H3/t23-,24+,26-,27+/m1/s1. The highest BCUT2D eigenvalue weighted by Crippen LogP contribution is 2.55. The molecule has 31 heavy (non-hydrogen) atoms. The summed E-state index contributed by atoms with van der Waals surface area (Å²) < 4.78 is 0. The molecule has 0 saturated heterocycles. The molecule has 3 nitrogen and oxygen atoms in total. The Morgan fingerprint density at radius 3 is 2.77 bits per heavy atom. The number of aliphatic hydroxyl groups excluding tert-OH is 1. The van der Waals surface area contributed by atoms with Gasteiger partial charge in [-0.15, -0.1) is 11.8 Å². The summed E-state index contributed by atoms with van der Waals surface area (Å²) in [4.78, 5) is -1.08. The predicted octanol–water partition coefficient (Wildman–Crippen LogP) is 5.29. The highest BCUT2D eigenvalue weighted by atomic mass is 32.2. The SMILES string of the molecule is C=C1C(=CC=C2CCC[C@]3(C)C(CC)=CC[C@H]23)C[C@](O)(SCC#CC(C)(C)O)C[C@@H]1O. The third-order valence-electron chi connectivity index (χ3n) is 7.19. The first-order valence-electron chi connectivity index (χ1n) is 11.5. The fraction of sp³-hybridized carbons (Fsp3) is 0.630. The van der Waals surface area contributed by atoms with E-state index in [1.165, 1.54) is 30.2 Å². The molecule has 0 spiro atoms. The number of hydrogen-bond donors (Lipinski definition) is 3. The highest BCUT2D eigenvalue weighted by Gasteiger charge is 2.44. The van der Waals surface area contributed by atoms with Gasteiger partial charge in [0, 0.05) is 12.8 Å². The molecule has 4 atom stereocenters. The molecule has 3 N–H and O–H groups in total. The minimum Gasteiger partial charge on any atom is -0.388 e. The van der Waals surface area contributed by atoms with Crippen LogP contribution in [0, 0.1) is 23.2 Å². The van der Waals surface area contributed by atoms with E-state index in [-0.39, 0.29) is 11.8 Å². The smallest absolute Gasteiger partial charge is 0.119 e. The number of thioether (sulfide) groups is 1. The third kappa shape index (κ3) is 5.57. The second-order valence-corrected chi connectivity index (χ2v) is 11.4. The number of rotatable bonds is 4. The number of hydrogen-bond acceptors (Lipinski definition) is 4. The van der Waals surface area contributed by atoms with Crippen molar-refractivity contribution in [3.05, 3.63) is 47.1 Å². The van der Waals surface area contributed by atoms with Gasteiger partial charge in [0.1, 0.15) is 10.5 Å². The van der Waals surface area contributed by atoms with Crippen molar-refractivity contribution in [2.75, 3.05) is 5.75 Å². The molecule has 0 amide bonds. The lowest BCUT2D eigenvalue weighted by molar-refractivity contribution is 0.0609. The Hall–Kier alpha value is -1.25. The van der Waals surface area contributed by atoms with Crippen LogP contribution < -0.4 is 0 Å². The van der Waals surface area contributed by atoms with Crippen molar-refractivity contribution < 1.29 is 15.3 Å². The number of fused-ring (bicyclic) bond motifs is 1. The van der Waals surface area contributed by atoms with Gasteiger partial charge in [0.15, 0.2) is 0 Å². The topological polar surface area (TPSA) is 60.7 Å². The lowest BCUT2D eigenvalue weighted by Crippen LogP contribution is -2.37. The zero-order chi connectivity index (χ0) is 22.9. The van der Waals surface area contributed by atoms with Gasteiger partial charge < -0.3 is 15.3 Å². The van der Waals surface area contributed by atoms with Gasteiger partial charge in [0.25, 0.3) is 0 Å². The van der Waals surface area contributed by atoms with Gasteiger partial charge in [0.05, 0.1) is 11.9 Å². The molecule has 2 saturated carbocycles. The summed E-state index contributed by atoms with van der Waals surface area (Å²) in [5.74, 6) is 6.67. The van der Waals surface area contributed by atoms with Crippen LogP contribution in [0.2, 0.25) is 0 Å². The summed E-state index contributed by atoms with van der Waals surface area (Å²) in [7, 11) is 0. The fourth-order valence-electron chi connectivity index (χ4n) is 5.48. The average molecular weight is 443 g/mol. The minimum absolute atomic E-state index is 0.249. The second kappa shape index (κ2) is 9.32. The Balaban J connectivity index is 1.76. The quantitative estimate of drug-likeness (QED) is 0.314. The summed E-state index contributed by atoms with van der Waals surface area (Å²) in [6.07, 6.45) is 12.6. The second-order valence-electron chi connectivity index (χ2n) is 10.1. The summed E-state index contributed by atoms with van der Waals surface area (Å²) in [5, 5.41) is 31.4. The van der Waals surface area contributed by atoms with Crippen LogP contribution in [0.3, 0.4) is 0 Å². The van der Waals surface area contributed by atoms with Crippen LogP contribution in [0.1, 0.15) is 72.6 Å². The lowest BCUT2D eigenvalue weighted by atomic mass is 9.64. The molecule has 4 heteroatoms. The van der Waals surface area contributed by atoms with E-state index in [9.17, 15) is 15.3 Å². The van der Waals surface area contributed by atoms with Gasteiger partial charge in [-0.25, -0.2) is 0 Å². The van der Waals surface area contributed by atoms with E-state index in [1.807, 2.05) is 0 Å². The van der Waals surface area contributed by atoms with Gasteiger partial charge in [-0.05, 0) is 68.4 Å². The normalized spacial score (nSPS) is 36.2. The maximum absolute atomic E-state index is 11.1. The van der Waals surface area contributed by atoms with E-state index in [0.717, 1.165) is 24.8 Å². The third-order valence-corrected chi connectivity index (χ3v) is 8.33. The van der Waals surface area contributed by atoms with Gasteiger partial charge in [-0.2, -0.15) is 0 Å². The molecule has 170 valence electrons. The Labute approximate surface area is 192 Å². The molecule has 0 unspecified atom stereocenters. The highest BCUT2D eigenvalue weighted by molar-refractivity contribution is 8.00. The molecule has 3 aliphatic rings. The summed E-state index contributed by atoms with van der Waals surface area (Å²) in [5.41, 5.74) is 3.97. The van der Waals surface area contributed by atoms with Crippen molar-refractivity contribution in [2.24, 2.45) is 11.3 Å². The Morgan fingerprint density at radius 2 is 2.10 bits per heavy atom. The van der Waals surface area contributed by atoms with E-state index >= 15 is 0 Å². The van der Waals surface area contributed by atoms with Crippen LogP contribution in [0.25, 0.3) is 0 Å². The first-order valence-corrected chi connectivity index (χ1v) is 12.5. The summed E-state index contributed by atoms with van der Waals surface area (Å²) in [6.45, 7) is 12.1. The maximum atomic E-state index is 11.1. The van der Waals surface area contributed by atoms with Crippen LogP contribution in [-0.2, 0) is 0 Å². The van der Waals surface area contributed by atoms with Gasteiger partial charge in [-0.3, -0.25) is 0 Å². The van der Waals surface area contributed by atoms with Crippen LogP contribution in [0.5, 0.6) is 0 Å². The molecular weight excluding hydrogens is 404 g/mol. The van der Waals surface area contributed by atoms with E-state index < -0.39 is 16.6 Å². The molecule has 0 aromatic heterocycles. The molecule has 3 rings (SSSR count). The van der Waals surface area contributed by atoms with E-state index in [2.05, 4.69) is 50.5 Å². The zero-order valence-corrected chi connectivity index (χ0v) is 20.3. The molecule has 0 radical (unpaired) electrons. The molecule has 0 aromatic rings. The summed E-state index contributed by atoms with van der Waals surface area (Å²) >= 11 is 1.33. The van der Waals surface area contributed by atoms with Crippen molar-refractivity contribution in [2.45, 2.75) is 89.3 Å². The van der Waals surface area contributed by atoms with Crippen molar-refractivity contribution >= 4 is 11.8 Å². The largest absolute Gasteiger partial charge is 0.388 e. The van der Waals surface area contributed by atoms with E-state index in [4.69, 9.17) is 0 Å². The molecule has 0 aromatic carbocycles. The summed E-state index contributed by atoms with van der Waals surface area (Å²) in [6, 6.07) is 0. The van der Waals surface area contributed by atoms with Crippen LogP contribution in [-0.4, -0.2) is 37.7 Å². The first-order chi connectivity index (χ1) is 14.5. The van der Waals surface area contributed by atoms with Crippen molar-refractivity contribution in [1.29, 1.82) is 0 Å². The molecule has 0 bridgehead atoms. The molecule has 3 aliphatic carbocycles. The number of aliphatic hydroxyl groups is 3. The van der Waals surface area contributed by atoms with Crippen LogP contribution in [0.4, 0.5) is 0 Å². The van der Waals surface area contributed by atoms with E-state index in [0.29, 0.717) is 23.7 Å². The Bertz CT molecular complexity index is 863. The lowest BCUT2D eigenvalue weighted by Gasteiger charge is -2.41. The van der Waals surface area contributed by atoms with Gasteiger partial charge in [-0.1, -0.05) is 61.6 Å². The van der Waals surface area contributed by atoms with Gasteiger partial charge >= 0.3 is 0 Å². The van der Waals surface area contributed by atoms with Crippen molar-refractivity contribution in [3.8, 4) is 11.8 Å². The zero-order valence-electron chi connectivity index (χ0n) is 19.5. The first kappa shape index (κ1) is 24.4. The van der Waals surface area contributed by atoms with Gasteiger partial charge in [0.2, 0.25) is 0 Å². The van der Waals surface area contributed by atoms with Crippen LogP contribution in [0.15, 0.2) is 47.1 Å². The maximum Gasteiger partial charge on any atom is 0.119 e. The fourth-order valence-corrected chi connectivity index (χ4v) is 6.43. The van der Waals surface area contributed by atoms with E-state index in [1.54, 1.807) is 19.4 Å². The Morgan fingerprint density at radius 1 is 1.35 bits per heavy atom.